The van der Waals surface area contributed by atoms with E-state index in [2.05, 4.69) is 26.0 Å². The fraction of sp³-hybridized carbons (Fsp3) is 0.833. The van der Waals surface area contributed by atoms with Crippen LogP contribution in [0, 0.1) is 0 Å². The van der Waals surface area contributed by atoms with E-state index in [9.17, 15) is 14.4 Å². The highest BCUT2D eigenvalue weighted by atomic mass is 127. The van der Waals surface area contributed by atoms with Gasteiger partial charge in [0.1, 0.15) is 0 Å². The Bertz CT molecular complexity index is 489. The molecule has 0 aromatic heterocycles. The van der Waals surface area contributed by atoms with Gasteiger partial charge in [0.05, 0.1) is 19.6 Å². The first-order valence-corrected chi connectivity index (χ1v) is 11.0. The SMILES string of the molecule is O=C(O)CN1CCCN(I)CCCN(CC(=O)O)CCCN(CC(=O)O)CCC1. The molecule has 0 aliphatic carbocycles. The van der Waals surface area contributed by atoms with Crippen LogP contribution in [0.4, 0.5) is 0 Å². The number of aliphatic carboxylic acids is 3. The lowest BCUT2D eigenvalue weighted by atomic mass is 10.2. The highest BCUT2D eigenvalue weighted by Crippen LogP contribution is 2.07. The molecule has 1 aliphatic heterocycles. The van der Waals surface area contributed by atoms with Crippen molar-refractivity contribution in [1.29, 1.82) is 0 Å². The molecule has 10 nitrogen and oxygen atoms in total. The molecule has 29 heavy (non-hydrogen) atoms. The third-order valence-electron chi connectivity index (χ3n) is 4.72. The number of halogens is 1. The predicted molar refractivity (Wildman–Crippen MR) is 116 cm³/mol. The lowest BCUT2D eigenvalue weighted by Gasteiger charge is -2.27. The summed E-state index contributed by atoms with van der Waals surface area (Å²) < 4.78 is 2.16. The Hall–Kier alpha value is -1.02. The zero-order chi connectivity index (χ0) is 21.6. The number of hydrogen-bond donors (Lipinski definition) is 3. The van der Waals surface area contributed by atoms with E-state index in [0.717, 1.165) is 25.9 Å². The van der Waals surface area contributed by atoms with Gasteiger partial charge in [0.15, 0.2) is 0 Å². The lowest BCUT2D eigenvalue weighted by Crippen LogP contribution is -2.39. The summed E-state index contributed by atoms with van der Waals surface area (Å²) in [5.41, 5.74) is 0. The second-order valence-electron chi connectivity index (χ2n) is 7.33. The second-order valence-corrected chi connectivity index (χ2v) is 8.70. The number of carboxylic acids is 3. The Morgan fingerprint density at radius 2 is 0.793 bits per heavy atom. The molecule has 0 amide bonds. The molecule has 0 saturated carbocycles. The number of hydrogen-bond acceptors (Lipinski definition) is 7. The summed E-state index contributed by atoms with van der Waals surface area (Å²) in [6.07, 6.45) is 3.06. The van der Waals surface area contributed by atoms with Gasteiger partial charge in [-0.3, -0.25) is 29.1 Å². The highest BCUT2D eigenvalue weighted by molar-refractivity contribution is 14.1. The van der Waals surface area contributed by atoms with Crippen molar-refractivity contribution in [3.8, 4) is 0 Å². The third-order valence-corrected chi connectivity index (χ3v) is 5.69. The van der Waals surface area contributed by atoms with Crippen molar-refractivity contribution in [3.63, 3.8) is 0 Å². The molecule has 11 heteroatoms. The monoisotopic (exact) mass is 528 g/mol. The van der Waals surface area contributed by atoms with Crippen LogP contribution in [0.2, 0.25) is 0 Å². The summed E-state index contributed by atoms with van der Waals surface area (Å²) in [5, 5.41) is 27.4. The molecule has 1 rings (SSSR count). The van der Waals surface area contributed by atoms with E-state index in [1.165, 1.54) is 0 Å². The highest BCUT2D eigenvalue weighted by Gasteiger charge is 2.16. The van der Waals surface area contributed by atoms with E-state index >= 15 is 0 Å². The Morgan fingerprint density at radius 3 is 1.03 bits per heavy atom. The quantitative estimate of drug-likeness (QED) is 0.329. The standard InChI is InChI=1S/C18H33IN4O6/c19-23-11-3-9-21(14-17(26)27)7-1-5-20(13-16(24)25)6-2-8-22(10-4-12-23)15-18(28)29/h1-15H2,(H,24,25)(H,26,27)(H,28,29). The number of rotatable bonds is 6. The van der Waals surface area contributed by atoms with Gasteiger partial charge >= 0.3 is 17.9 Å². The van der Waals surface area contributed by atoms with Crippen molar-refractivity contribution in [1.82, 2.24) is 17.8 Å². The first-order valence-electron chi connectivity index (χ1n) is 9.99. The molecule has 168 valence electrons. The zero-order valence-electron chi connectivity index (χ0n) is 16.8. The minimum Gasteiger partial charge on any atom is -0.480 e. The molecule has 3 N–H and O–H groups in total. The largest absolute Gasteiger partial charge is 0.480 e. The maximum atomic E-state index is 11.2. The van der Waals surface area contributed by atoms with Crippen LogP contribution in [-0.2, 0) is 14.4 Å². The summed E-state index contributed by atoms with van der Waals surface area (Å²) in [4.78, 5) is 39.1. The summed E-state index contributed by atoms with van der Waals surface area (Å²) >= 11 is 2.26. The Balaban J connectivity index is 2.72. The molecular formula is C18H33IN4O6. The number of carbonyl (C=O) groups is 3. The van der Waals surface area contributed by atoms with Gasteiger partial charge in [0.25, 0.3) is 0 Å². The van der Waals surface area contributed by atoms with Gasteiger partial charge in [-0.25, -0.2) is 3.11 Å². The maximum Gasteiger partial charge on any atom is 0.317 e. The first-order chi connectivity index (χ1) is 13.8. The van der Waals surface area contributed by atoms with Crippen LogP contribution >= 0.6 is 22.9 Å². The van der Waals surface area contributed by atoms with Crippen LogP contribution in [0.15, 0.2) is 0 Å². The average molecular weight is 528 g/mol. The van der Waals surface area contributed by atoms with E-state index in [1.807, 2.05) is 14.7 Å². The molecule has 0 radical (unpaired) electrons. The van der Waals surface area contributed by atoms with Gasteiger partial charge in [-0.1, -0.05) is 0 Å². The molecule has 0 atom stereocenters. The fourth-order valence-corrected chi connectivity index (χ4v) is 4.15. The molecule has 0 aromatic rings. The third kappa shape index (κ3) is 13.8. The lowest BCUT2D eigenvalue weighted by molar-refractivity contribution is -0.139. The summed E-state index contributed by atoms with van der Waals surface area (Å²) in [6.45, 7) is 5.28. The van der Waals surface area contributed by atoms with Gasteiger partial charge in [-0.05, 0) is 65.0 Å². The minimum absolute atomic E-state index is 0.00960. The Labute approximate surface area is 185 Å². The van der Waals surface area contributed by atoms with Crippen LogP contribution in [0.1, 0.15) is 25.7 Å². The van der Waals surface area contributed by atoms with Gasteiger partial charge in [0, 0.05) is 36.0 Å². The molecule has 1 heterocycles. The molecule has 0 bridgehead atoms. The zero-order valence-corrected chi connectivity index (χ0v) is 19.0. The molecular weight excluding hydrogens is 495 g/mol. The summed E-state index contributed by atoms with van der Waals surface area (Å²) in [7, 11) is 0. The number of nitrogens with zero attached hydrogens (tertiary/aromatic N) is 4. The van der Waals surface area contributed by atoms with Crippen LogP contribution in [-0.4, -0.2) is 123 Å². The van der Waals surface area contributed by atoms with E-state index in [1.54, 1.807) is 0 Å². The van der Waals surface area contributed by atoms with E-state index in [4.69, 9.17) is 15.3 Å². The molecule has 0 unspecified atom stereocenters. The summed E-state index contributed by atoms with van der Waals surface area (Å²) in [5.74, 6) is -2.61. The van der Waals surface area contributed by atoms with Crippen molar-refractivity contribution >= 4 is 40.8 Å². The van der Waals surface area contributed by atoms with Crippen molar-refractivity contribution in [2.75, 3.05) is 72.0 Å². The molecule has 1 aliphatic rings. The van der Waals surface area contributed by atoms with Crippen molar-refractivity contribution < 1.29 is 29.7 Å². The predicted octanol–water partition coefficient (Wildman–Crippen LogP) is 0.372. The Kier molecular flexibility index (Phi) is 13.4. The molecule has 0 spiro atoms. The van der Waals surface area contributed by atoms with E-state index < -0.39 is 17.9 Å². The van der Waals surface area contributed by atoms with Gasteiger partial charge in [-0.15, -0.1) is 0 Å². The van der Waals surface area contributed by atoms with Gasteiger partial charge in [0.2, 0.25) is 0 Å². The normalized spacial score (nSPS) is 21.0. The van der Waals surface area contributed by atoms with Crippen molar-refractivity contribution in [2.45, 2.75) is 25.7 Å². The van der Waals surface area contributed by atoms with Crippen molar-refractivity contribution in [3.05, 3.63) is 0 Å². The van der Waals surface area contributed by atoms with Crippen LogP contribution in [0.5, 0.6) is 0 Å². The molecule has 1 saturated heterocycles. The first kappa shape index (κ1) is 26.0. The number of carboxylic acid groups (broad SMARTS) is 3. The van der Waals surface area contributed by atoms with Crippen LogP contribution in [0.25, 0.3) is 0 Å². The van der Waals surface area contributed by atoms with Gasteiger partial charge in [-0.2, -0.15) is 0 Å². The van der Waals surface area contributed by atoms with E-state index in [-0.39, 0.29) is 19.6 Å². The fourth-order valence-electron chi connectivity index (χ4n) is 3.46. The van der Waals surface area contributed by atoms with Crippen LogP contribution in [0.3, 0.4) is 0 Å². The summed E-state index contributed by atoms with van der Waals surface area (Å²) in [6, 6.07) is 0. The Morgan fingerprint density at radius 1 is 0.552 bits per heavy atom. The topological polar surface area (TPSA) is 125 Å². The smallest absolute Gasteiger partial charge is 0.317 e. The second kappa shape index (κ2) is 14.9. The molecule has 0 aromatic carbocycles. The van der Waals surface area contributed by atoms with Crippen molar-refractivity contribution in [2.24, 2.45) is 0 Å². The van der Waals surface area contributed by atoms with E-state index in [0.29, 0.717) is 52.1 Å². The molecule has 1 fully saturated rings. The maximum absolute atomic E-state index is 11.2. The van der Waals surface area contributed by atoms with Gasteiger partial charge < -0.3 is 15.3 Å². The minimum atomic E-state index is -0.897. The average Bonchev–Trinajstić information content (AvgIpc) is 2.58. The van der Waals surface area contributed by atoms with Crippen LogP contribution < -0.4 is 0 Å².